The maximum Gasteiger partial charge on any atom is 0.298 e. The van der Waals surface area contributed by atoms with Crippen LogP contribution in [0.5, 0.6) is 0 Å². The fraction of sp³-hybridized carbons (Fsp3) is 0.562. The van der Waals surface area contributed by atoms with E-state index in [0.717, 1.165) is 56.3 Å². The number of nitrogens with zero attached hydrogens (tertiary/aromatic N) is 3. The molecule has 21 heavy (non-hydrogen) atoms. The molecule has 0 unspecified atom stereocenters. The number of rotatable bonds is 6. The molecule has 2 heterocycles. The van der Waals surface area contributed by atoms with Gasteiger partial charge in [-0.05, 0) is 38.1 Å². The largest absolute Gasteiger partial charge is 0.423 e. The van der Waals surface area contributed by atoms with Crippen LogP contribution in [0.15, 0.2) is 28.7 Å². The third kappa shape index (κ3) is 3.54. The van der Waals surface area contributed by atoms with Crippen molar-refractivity contribution in [3.8, 4) is 0 Å². The lowest BCUT2D eigenvalue weighted by molar-refractivity contribution is 0.248. The quantitative estimate of drug-likeness (QED) is 0.825. The summed E-state index contributed by atoms with van der Waals surface area (Å²) >= 11 is 0. The third-order valence-corrected chi connectivity index (χ3v) is 4.10. The molecule has 5 heteroatoms. The van der Waals surface area contributed by atoms with Crippen LogP contribution in [0.25, 0.3) is 11.1 Å². The maximum absolute atomic E-state index is 5.84. The fourth-order valence-electron chi connectivity index (χ4n) is 2.81. The number of benzene rings is 1. The Kier molecular flexibility index (Phi) is 4.72. The lowest BCUT2D eigenvalue weighted by Crippen LogP contribution is -2.46. The Morgan fingerprint density at radius 3 is 2.62 bits per heavy atom. The lowest BCUT2D eigenvalue weighted by atomic mass is 10.2. The molecular formula is C16H24N4O. The van der Waals surface area contributed by atoms with E-state index in [2.05, 4.69) is 14.8 Å². The predicted molar refractivity (Wildman–Crippen MR) is 85.6 cm³/mol. The second kappa shape index (κ2) is 6.91. The number of aromatic nitrogens is 1. The second-order valence-electron chi connectivity index (χ2n) is 5.64. The topological polar surface area (TPSA) is 58.5 Å². The molecular weight excluding hydrogens is 264 g/mol. The van der Waals surface area contributed by atoms with Crippen LogP contribution in [0.1, 0.15) is 19.3 Å². The first-order valence-corrected chi connectivity index (χ1v) is 7.90. The highest BCUT2D eigenvalue weighted by atomic mass is 16.4. The van der Waals surface area contributed by atoms with Crippen molar-refractivity contribution >= 4 is 17.1 Å². The molecule has 2 N–H and O–H groups in total. The van der Waals surface area contributed by atoms with Gasteiger partial charge in [0.15, 0.2) is 5.58 Å². The molecule has 1 saturated heterocycles. The molecule has 0 radical (unpaired) electrons. The van der Waals surface area contributed by atoms with Gasteiger partial charge < -0.3 is 15.1 Å². The number of para-hydroxylation sites is 2. The summed E-state index contributed by atoms with van der Waals surface area (Å²) in [5.41, 5.74) is 7.34. The van der Waals surface area contributed by atoms with Crippen LogP contribution in [0.2, 0.25) is 0 Å². The molecule has 3 rings (SSSR count). The molecule has 0 spiro atoms. The summed E-state index contributed by atoms with van der Waals surface area (Å²) in [5, 5.41) is 0. The van der Waals surface area contributed by atoms with Gasteiger partial charge >= 0.3 is 0 Å². The Labute approximate surface area is 125 Å². The normalized spacial score (nSPS) is 16.7. The van der Waals surface area contributed by atoms with Crippen LogP contribution in [-0.4, -0.2) is 49.2 Å². The molecule has 0 aliphatic carbocycles. The minimum absolute atomic E-state index is 0.763. The maximum atomic E-state index is 5.84. The van der Waals surface area contributed by atoms with Crippen LogP contribution in [0.4, 0.5) is 6.01 Å². The van der Waals surface area contributed by atoms with E-state index in [1.165, 1.54) is 19.4 Å². The summed E-state index contributed by atoms with van der Waals surface area (Å²) in [5.74, 6) is 0. The van der Waals surface area contributed by atoms with E-state index in [-0.39, 0.29) is 0 Å². The average Bonchev–Trinajstić information content (AvgIpc) is 2.96. The number of oxazole rings is 1. The fourth-order valence-corrected chi connectivity index (χ4v) is 2.81. The Morgan fingerprint density at radius 1 is 1.05 bits per heavy atom. The highest BCUT2D eigenvalue weighted by Gasteiger charge is 2.20. The first kappa shape index (κ1) is 14.4. The molecule has 1 aromatic heterocycles. The molecule has 0 bridgehead atoms. The number of nitrogens with two attached hydrogens (primary N) is 1. The first-order valence-electron chi connectivity index (χ1n) is 7.90. The van der Waals surface area contributed by atoms with Crippen molar-refractivity contribution in [1.29, 1.82) is 0 Å². The Morgan fingerprint density at radius 2 is 1.86 bits per heavy atom. The third-order valence-electron chi connectivity index (χ3n) is 4.10. The monoisotopic (exact) mass is 288 g/mol. The molecule has 1 aromatic carbocycles. The molecule has 0 atom stereocenters. The number of fused-ring (bicyclic) bond motifs is 1. The van der Waals surface area contributed by atoms with Crippen LogP contribution < -0.4 is 10.6 Å². The summed E-state index contributed by atoms with van der Waals surface area (Å²) in [6, 6.07) is 8.71. The summed E-state index contributed by atoms with van der Waals surface area (Å²) in [6.45, 7) is 6.14. The molecule has 1 fully saturated rings. The van der Waals surface area contributed by atoms with Crippen LogP contribution in [0.3, 0.4) is 0 Å². The van der Waals surface area contributed by atoms with Crippen molar-refractivity contribution in [2.75, 3.05) is 44.2 Å². The molecule has 0 saturated carbocycles. The average molecular weight is 288 g/mol. The van der Waals surface area contributed by atoms with Crippen molar-refractivity contribution in [1.82, 2.24) is 9.88 Å². The van der Waals surface area contributed by atoms with Gasteiger partial charge in [-0.3, -0.25) is 4.90 Å². The smallest absolute Gasteiger partial charge is 0.298 e. The zero-order valence-electron chi connectivity index (χ0n) is 12.5. The van der Waals surface area contributed by atoms with Gasteiger partial charge in [0, 0.05) is 26.2 Å². The molecule has 0 amide bonds. The molecule has 2 aromatic rings. The summed E-state index contributed by atoms with van der Waals surface area (Å²) in [4.78, 5) is 9.34. The van der Waals surface area contributed by atoms with E-state index in [1.807, 2.05) is 24.3 Å². The highest BCUT2D eigenvalue weighted by molar-refractivity contribution is 5.74. The van der Waals surface area contributed by atoms with Gasteiger partial charge in [-0.25, -0.2) is 0 Å². The van der Waals surface area contributed by atoms with Crippen LogP contribution in [0, 0.1) is 0 Å². The van der Waals surface area contributed by atoms with Crippen LogP contribution >= 0.6 is 0 Å². The standard InChI is InChI=1S/C16H24N4O/c17-8-4-1-5-9-19-10-12-20(13-11-19)16-18-14-6-2-3-7-15(14)21-16/h2-3,6-7H,1,4-5,8-13,17H2. The van der Waals surface area contributed by atoms with E-state index in [0.29, 0.717) is 0 Å². The van der Waals surface area contributed by atoms with Gasteiger partial charge in [-0.1, -0.05) is 18.6 Å². The van der Waals surface area contributed by atoms with Crippen LogP contribution in [-0.2, 0) is 0 Å². The number of hydrogen-bond donors (Lipinski definition) is 1. The number of unbranched alkanes of at least 4 members (excludes halogenated alkanes) is 2. The molecule has 1 aliphatic heterocycles. The SMILES string of the molecule is NCCCCCN1CCN(c2nc3ccccc3o2)CC1. The van der Waals surface area contributed by atoms with Crippen molar-refractivity contribution in [3.05, 3.63) is 24.3 Å². The van der Waals surface area contributed by atoms with E-state index < -0.39 is 0 Å². The number of piperazine rings is 1. The number of hydrogen-bond acceptors (Lipinski definition) is 5. The summed E-state index contributed by atoms with van der Waals surface area (Å²) in [6.07, 6.45) is 3.63. The molecule has 114 valence electrons. The minimum Gasteiger partial charge on any atom is -0.423 e. The second-order valence-corrected chi connectivity index (χ2v) is 5.64. The van der Waals surface area contributed by atoms with E-state index >= 15 is 0 Å². The Balaban J connectivity index is 1.51. The Bertz CT molecular complexity index is 527. The zero-order valence-corrected chi connectivity index (χ0v) is 12.5. The van der Waals surface area contributed by atoms with E-state index in [1.54, 1.807) is 0 Å². The van der Waals surface area contributed by atoms with Gasteiger partial charge in [-0.15, -0.1) is 0 Å². The van der Waals surface area contributed by atoms with Crippen molar-refractivity contribution < 1.29 is 4.42 Å². The Hall–Kier alpha value is -1.59. The number of anilines is 1. The van der Waals surface area contributed by atoms with Gasteiger partial charge in [0.25, 0.3) is 6.01 Å². The summed E-state index contributed by atoms with van der Waals surface area (Å²) < 4.78 is 5.84. The van der Waals surface area contributed by atoms with Gasteiger partial charge in [0.05, 0.1) is 0 Å². The molecule has 1 aliphatic rings. The zero-order chi connectivity index (χ0) is 14.5. The molecule has 5 nitrogen and oxygen atoms in total. The minimum atomic E-state index is 0.763. The van der Waals surface area contributed by atoms with Crippen molar-refractivity contribution in [3.63, 3.8) is 0 Å². The van der Waals surface area contributed by atoms with E-state index in [4.69, 9.17) is 10.2 Å². The van der Waals surface area contributed by atoms with E-state index in [9.17, 15) is 0 Å². The first-order chi connectivity index (χ1) is 10.4. The van der Waals surface area contributed by atoms with Gasteiger partial charge in [0.1, 0.15) is 5.52 Å². The lowest BCUT2D eigenvalue weighted by Gasteiger charge is -2.33. The van der Waals surface area contributed by atoms with Gasteiger partial charge in [0.2, 0.25) is 0 Å². The van der Waals surface area contributed by atoms with Crippen molar-refractivity contribution in [2.45, 2.75) is 19.3 Å². The van der Waals surface area contributed by atoms with Gasteiger partial charge in [-0.2, -0.15) is 4.98 Å². The summed E-state index contributed by atoms with van der Waals surface area (Å²) in [7, 11) is 0. The van der Waals surface area contributed by atoms with Crippen molar-refractivity contribution in [2.24, 2.45) is 5.73 Å². The highest BCUT2D eigenvalue weighted by Crippen LogP contribution is 2.22. The predicted octanol–water partition coefficient (Wildman–Crippen LogP) is 2.08.